The van der Waals surface area contributed by atoms with Gasteiger partial charge in [0.25, 0.3) is 5.91 Å². The molecule has 1 atom stereocenters. The molecule has 0 fully saturated rings. The van der Waals surface area contributed by atoms with Gasteiger partial charge in [0.05, 0.1) is 11.1 Å². The van der Waals surface area contributed by atoms with E-state index in [1.54, 1.807) is 50.2 Å². The van der Waals surface area contributed by atoms with E-state index in [0.717, 1.165) is 5.56 Å². The van der Waals surface area contributed by atoms with Crippen LogP contribution in [0.2, 0.25) is 10.0 Å². The smallest absolute Gasteiger partial charge is 0.333 e. The van der Waals surface area contributed by atoms with Crippen molar-refractivity contribution in [1.82, 2.24) is 0 Å². The summed E-state index contributed by atoms with van der Waals surface area (Å²) in [5.74, 6) is -1.06. The van der Waals surface area contributed by atoms with E-state index in [9.17, 15) is 14.7 Å². The molecule has 0 bridgehead atoms. The third kappa shape index (κ3) is 7.03. The molecule has 0 saturated carbocycles. The Morgan fingerprint density at radius 1 is 1.14 bits per heavy atom. The summed E-state index contributed by atoms with van der Waals surface area (Å²) in [6.07, 6.45) is -0.976. The van der Waals surface area contributed by atoms with E-state index in [0.29, 0.717) is 21.5 Å². The molecule has 2 N–H and O–H groups in total. The second-order valence-electron chi connectivity index (χ2n) is 6.33. The van der Waals surface area contributed by atoms with Crippen molar-refractivity contribution in [3.8, 4) is 5.75 Å². The topological polar surface area (TPSA) is 84.9 Å². The molecule has 0 spiro atoms. The fourth-order valence-electron chi connectivity index (χ4n) is 2.44. The van der Waals surface area contributed by atoms with Gasteiger partial charge in [-0.3, -0.25) is 4.79 Å². The minimum Gasteiger partial charge on any atom is -0.482 e. The number of carboxylic acid groups (broad SMARTS) is 1. The molecule has 0 radical (unpaired) electrons. The van der Waals surface area contributed by atoms with Crippen molar-refractivity contribution in [2.45, 2.75) is 32.5 Å². The SMILES string of the molecule is CC(C)OC(Cc1cccc(NC(=O)COc2ccc(Cl)cc2Cl)c1)C(=O)O. The van der Waals surface area contributed by atoms with Crippen LogP contribution in [0.3, 0.4) is 0 Å². The molecule has 0 aliphatic heterocycles. The van der Waals surface area contributed by atoms with Gasteiger partial charge in [0, 0.05) is 17.1 Å². The molecule has 2 aromatic rings. The fourth-order valence-corrected chi connectivity index (χ4v) is 2.91. The van der Waals surface area contributed by atoms with Crippen LogP contribution < -0.4 is 10.1 Å². The highest BCUT2D eigenvalue weighted by molar-refractivity contribution is 6.35. The number of hydrogen-bond acceptors (Lipinski definition) is 4. The zero-order valence-corrected chi connectivity index (χ0v) is 17.0. The van der Waals surface area contributed by atoms with Crippen LogP contribution in [0.4, 0.5) is 5.69 Å². The molecule has 0 saturated heterocycles. The Labute approximate surface area is 173 Å². The normalized spacial score (nSPS) is 11.9. The molecule has 0 aliphatic rings. The number of aliphatic carboxylic acids is 1. The average Bonchev–Trinajstić information content (AvgIpc) is 2.60. The molecule has 150 valence electrons. The number of carboxylic acids is 1. The van der Waals surface area contributed by atoms with Crippen LogP contribution in [0.5, 0.6) is 5.75 Å². The molecule has 2 aromatic carbocycles. The lowest BCUT2D eigenvalue weighted by molar-refractivity contribution is -0.153. The van der Waals surface area contributed by atoms with Crippen molar-refractivity contribution >= 4 is 40.8 Å². The monoisotopic (exact) mass is 425 g/mol. The van der Waals surface area contributed by atoms with Crippen LogP contribution >= 0.6 is 23.2 Å². The molecule has 8 heteroatoms. The minimum atomic E-state index is -1.03. The van der Waals surface area contributed by atoms with Crippen molar-refractivity contribution in [2.75, 3.05) is 11.9 Å². The van der Waals surface area contributed by atoms with Gasteiger partial charge in [0.15, 0.2) is 12.7 Å². The molecule has 2 rings (SSSR count). The first-order valence-electron chi connectivity index (χ1n) is 8.59. The lowest BCUT2D eigenvalue weighted by Crippen LogP contribution is -2.29. The maximum Gasteiger partial charge on any atom is 0.333 e. The van der Waals surface area contributed by atoms with E-state index in [1.165, 1.54) is 6.07 Å². The highest BCUT2D eigenvalue weighted by atomic mass is 35.5. The number of amides is 1. The van der Waals surface area contributed by atoms with Gasteiger partial charge in [-0.2, -0.15) is 0 Å². The molecular formula is C20H21Cl2NO5. The first-order chi connectivity index (χ1) is 13.2. The Morgan fingerprint density at radius 3 is 2.54 bits per heavy atom. The number of rotatable bonds is 9. The van der Waals surface area contributed by atoms with E-state index in [2.05, 4.69) is 5.32 Å². The maximum atomic E-state index is 12.1. The van der Waals surface area contributed by atoms with Crippen LogP contribution in [0, 0.1) is 0 Å². The summed E-state index contributed by atoms with van der Waals surface area (Å²) in [7, 11) is 0. The van der Waals surface area contributed by atoms with Crippen molar-refractivity contribution in [3.05, 3.63) is 58.1 Å². The standard InChI is InChI=1S/C20H21Cl2NO5/c1-12(2)28-18(20(25)26)9-13-4-3-5-15(8-13)23-19(24)11-27-17-7-6-14(21)10-16(17)22/h3-8,10,12,18H,9,11H2,1-2H3,(H,23,24)(H,25,26). The van der Waals surface area contributed by atoms with Crippen molar-refractivity contribution in [3.63, 3.8) is 0 Å². The number of benzene rings is 2. The van der Waals surface area contributed by atoms with Gasteiger partial charge in [-0.05, 0) is 49.7 Å². The maximum absolute atomic E-state index is 12.1. The van der Waals surface area contributed by atoms with Crippen LogP contribution in [0.15, 0.2) is 42.5 Å². The summed E-state index contributed by atoms with van der Waals surface area (Å²) in [4.78, 5) is 23.5. The van der Waals surface area contributed by atoms with Gasteiger partial charge >= 0.3 is 5.97 Å². The fraction of sp³-hybridized carbons (Fsp3) is 0.300. The molecular weight excluding hydrogens is 405 g/mol. The third-order valence-corrected chi connectivity index (χ3v) is 4.13. The van der Waals surface area contributed by atoms with Crippen molar-refractivity contribution in [2.24, 2.45) is 0 Å². The van der Waals surface area contributed by atoms with Gasteiger partial charge in [-0.15, -0.1) is 0 Å². The highest BCUT2D eigenvalue weighted by Gasteiger charge is 2.20. The molecule has 0 heterocycles. The summed E-state index contributed by atoms with van der Waals surface area (Å²) in [6, 6.07) is 11.6. The summed E-state index contributed by atoms with van der Waals surface area (Å²) in [5.41, 5.74) is 1.26. The van der Waals surface area contributed by atoms with E-state index >= 15 is 0 Å². The summed E-state index contributed by atoms with van der Waals surface area (Å²) in [5, 5.41) is 12.8. The van der Waals surface area contributed by atoms with Gasteiger partial charge in [0.1, 0.15) is 5.75 Å². The highest BCUT2D eigenvalue weighted by Crippen LogP contribution is 2.27. The molecule has 0 aromatic heterocycles. The first-order valence-corrected chi connectivity index (χ1v) is 9.35. The number of hydrogen-bond donors (Lipinski definition) is 2. The van der Waals surface area contributed by atoms with Crippen LogP contribution in [-0.4, -0.2) is 35.8 Å². The lowest BCUT2D eigenvalue weighted by atomic mass is 10.1. The summed E-state index contributed by atoms with van der Waals surface area (Å²) < 4.78 is 10.8. The quantitative estimate of drug-likeness (QED) is 0.620. The van der Waals surface area contributed by atoms with Crippen molar-refractivity contribution in [1.29, 1.82) is 0 Å². The van der Waals surface area contributed by atoms with Gasteiger partial charge in [0.2, 0.25) is 0 Å². The number of carbonyl (C=O) groups excluding carboxylic acids is 1. The Balaban J connectivity index is 1.95. The Hall–Kier alpha value is -2.28. The lowest BCUT2D eigenvalue weighted by Gasteiger charge is -2.17. The van der Waals surface area contributed by atoms with E-state index < -0.39 is 12.1 Å². The van der Waals surface area contributed by atoms with E-state index in [4.69, 9.17) is 32.7 Å². The number of ether oxygens (including phenoxy) is 2. The van der Waals surface area contributed by atoms with Crippen LogP contribution in [0.25, 0.3) is 0 Å². The molecule has 1 amide bonds. The van der Waals surface area contributed by atoms with Gasteiger partial charge in [-0.25, -0.2) is 4.79 Å². The zero-order valence-electron chi connectivity index (χ0n) is 15.4. The van der Waals surface area contributed by atoms with Gasteiger partial charge < -0.3 is 19.9 Å². The Morgan fingerprint density at radius 2 is 1.89 bits per heavy atom. The van der Waals surface area contributed by atoms with Gasteiger partial charge in [-0.1, -0.05) is 35.3 Å². The van der Waals surface area contributed by atoms with Crippen molar-refractivity contribution < 1.29 is 24.2 Å². The molecule has 1 unspecified atom stereocenters. The van der Waals surface area contributed by atoms with E-state index in [1.807, 2.05) is 0 Å². The number of nitrogens with one attached hydrogen (secondary N) is 1. The molecule has 0 aliphatic carbocycles. The summed E-state index contributed by atoms with van der Waals surface area (Å²) in [6.45, 7) is 3.32. The second-order valence-corrected chi connectivity index (χ2v) is 7.17. The predicted molar refractivity (Wildman–Crippen MR) is 108 cm³/mol. The number of anilines is 1. The van der Waals surface area contributed by atoms with E-state index in [-0.39, 0.29) is 25.0 Å². The molecule has 28 heavy (non-hydrogen) atoms. The number of halogens is 2. The predicted octanol–water partition coefficient (Wildman–Crippen LogP) is 4.43. The average molecular weight is 426 g/mol. The Kier molecular flexibility index (Phi) is 8.11. The van der Waals surface area contributed by atoms with Crippen LogP contribution in [-0.2, 0) is 20.7 Å². The first kappa shape index (κ1) is 22.0. The number of carbonyl (C=O) groups is 2. The third-order valence-electron chi connectivity index (χ3n) is 3.60. The molecule has 6 nitrogen and oxygen atoms in total. The minimum absolute atomic E-state index is 0.189. The van der Waals surface area contributed by atoms with Crippen LogP contribution in [0.1, 0.15) is 19.4 Å². The zero-order chi connectivity index (χ0) is 20.7. The second kappa shape index (κ2) is 10.3. The largest absolute Gasteiger partial charge is 0.482 e. The summed E-state index contributed by atoms with van der Waals surface area (Å²) >= 11 is 11.8. The Bertz CT molecular complexity index is 841.